The highest BCUT2D eigenvalue weighted by molar-refractivity contribution is 7.92. The summed E-state index contributed by atoms with van der Waals surface area (Å²) >= 11 is 0. The van der Waals surface area contributed by atoms with Crippen molar-refractivity contribution in [2.45, 2.75) is 24.7 Å². The summed E-state index contributed by atoms with van der Waals surface area (Å²) in [7, 11) is -3.83. The molecule has 0 aliphatic rings. The van der Waals surface area contributed by atoms with Crippen LogP contribution in [-0.2, 0) is 14.6 Å². The van der Waals surface area contributed by atoms with E-state index in [0.29, 0.717) is 6.54 Å². The number of amides is 1. The molecule has 0 fully saturated rings. The van der Waals surface area contributed by atoms with E-state index in [0.717, 1.165) is 18.9 Å². The molecule has 1 amide bonds. The van der Waals surface area contributed by atoms with E-state index >= 15 is 0 Å². The number of carboxylic acid groups (broad SMARTS) is 1. The van der Waals surface area contributed by atoms with E-state index in [2.05, 4.69) is 5.32 Å². The minimum Gasteiger partial charge on any atom is -0.478 e. The zero-order chi connectivity index (χ0) is 15.2. The third kappa shape index (κ3) is 4.65. The van der Waals surface area contributed by atoms with Gasteiger partial charge in [-0.15, -0.1) is 0 Å². The summed E-state index contributed by atoms with van der Waals surface area (Å²) < 4.78 is 24.0. The molecule has 1 aromatic carbocycles. The van der Waals surface area contributed by atoms with Crippen molar-refractivity contribution in [1.29, 1.82) is 0 Å². The Labute approximate surface area is 117 Å². The van der Waals surface area contributed by atoms with Crippen molar-refractivity contribution in [2.75, 3.05) is 12.3 Å². The Kier molecular flexibility index (Phi) is 5.69. The summed E-state index contributed by atoms with van der Waals surface area (Å²) in [6.45, 7) is 2.39. The molecular formula is C13H17NO5S. The number of carboxylic acids is 1. The second-order valence-electron chi connectivity index (χ2n) is 4.30. The average Bonchev–Trinajstić information content (AvgIpc) is 2.38. The molecule has 0 aromatic heterocycles. The fourth-order valence-corrected chi connectivity index (χ4v) is 2.74. The van der Waals surface area contributed by atoms with Gasteiger partial charge in [-0.05, 0) is 24.6 Å². The minimum absolute atomic E-state index is 0.127. The lowest BCUT2D eigenvalue weighted by Gasteiger charge is -2.06. The van der Waals surface area contributed by atoms with Crippen LogP contribution in [0.4, 0.5) is 0 Å². The first-order valence-corrected chi connectivity index (χ1v) is 7.85. The van der Waals surface area contributed by atoms with Crippen molar-refractivity contribution < 1.29 is 23.1 Å². The largest absolute Gasteiger partial charge is 0.478 e. The second kappa shape index (κ2) is 7.04. The highest BCUT2D eigenvalue weighted by Crippen LogP contribution is 2.13. The van der Waals surface area contributed by atoms with Gasteiger partial charge < -0.3 is 10.4 Å². The van der Waals surface area contributed by atoms with Crippen LogP contribution in [0.15, 0.2) is 29.2 Å². The molecule has 0 aliphatic carbocycles. The van der Waals surface area contributed by atoms with Gasteiger partial charge in [-0.1, -0.05) is 19.4 Å². The highest BCUT2D eigenvalue weighted by atomic mass is 32.2. The average molecular weight is 299 g/mol. The molecule has 2 N–H and O–H groups in total. The van der Waals surface area contributed by atoms with E-state index in [4.69, 9.17) is 5.11 Å². The molecule has 0 saturated heterocycles. The first-order valence-electron chi connectivity index (χ1n) is 6.19. The van der Waals surface area contributed by atoms with Crippen LogP contribution in [0, 0.1) is 0 Å². The lowest BCUT2D eigenvalue weighted by Crippen LogP contribution is -2.31. The molecule has 6 nitrogen and oxygen atoms in total. The van der Waals surface area contributed by atoms with E-state index in [9.17, 15) is 18.0 Å². The molecule has 0 saturated carbocycles. The van der Waals surface area contributed by atoms with Gasteiger partial charge >= 0.3 is 5.97 Å². The molecule has 0 spiro atoms. The Morgan fingerprint density at radius 1 is 1.30 bits per heavy atom. The number of carbonyl (C=O) groups excluding carboxylic acids is 1. The van der Waals surface area contributed by atoms with E-state index in [-0.39, 0.29) is 10.5 Å². The van der Waals surface area contributed by atoms with Crippen LogP contribution in [0.1, 0.15) is 30.1 Å². The van der Waals surface area contributed by atoms with Gasteiger partial charge in [0.2, 0.25) is 5.91 Å². The molecule has 0 aliphatic heterocycles. The molecule has 1 aromatic rings. The smallest absolute Gasteiger partial charge is 0.335 e. The van der Waals surface area contributed by atoms with Crippen molar-refractivity contribution >= 4 is 21.7 Å². The number of rotatable bonds is 7. The fourth-order valence-electron chi connectivity index (χ4n) is 1.53. The van der Waals surface area contributed by atoms with Crippen LogP contribution in [0.25, 0.3) is 0 Å². The number of aromatic carboxylic acids is 1. The second-order valence-corrected chi connectivity index (χ2v) is 6.29. The summed E-state index contributed by atoms with van der Waals surface area (Å²) in [6, 6.07) is 4.96. The van der Waals surface area contributed by atoms with Gasteiger partial charge in [0.15, 0.2) is 9.84 Å². The molecule has 110 valence electrons. The Balaban J connectivity index is 2.81. The SMILES string of the molecule is CCCCNC(=O)CS(=O)(=O)c1cccc(C(=O)O)c1. The van der Waals surface area contributed by atoms with Crippen LogP contribution in [0.2, 0.25) is 0 Å². The summed E-state index contributed by atoms with van der Waals surface area (Å²) in [5.74, 6) is -2.48. The van der Waals surface area contributed by atoms with E-state index < -0.39 is 27.5 Å². The summed E-state index contributed by atoms with van der Waals surface area (Å²) in [5, 5.41) is 11.3. The molecule has 1 rings (SSSR count). The summed E-state index contributed by atoms with van der Waals surface area (Å²) in [5.41, 5.74) is -0.127. The maximum Gasteiger partial charge on any atom is 0.335 e. The Morgan fingerprint density at radius 2 is 2.00 bits per heavy atom. The first kappa shape index (κ1) is 16.2. The van der Waals surface area contributed by atoms with E-state index in [1.807, 2.05) is 6.92 Å². The number of nitrogens with one attached hydrogen (secondary N) is 1. The van der Waals surface area contributed by atoms with Gasteiger partial charge in [0.05, 0.1) is 10.5 Å². The van der Waals surface area contributed by atoms with Crippen molar-refractivity contribution in [3.8, 4) is 0 Å². The monoisotopic (exact) mass is 299 g/mol. The molecule has 0 radical (unpaired) electrons. The number of hydrogen-bond acceptors (Lipinski definition) is 4. The predicted octanol–water partition coefficient (Wildman–Crippen LogP) is 1.07. The molecule has 20 heavy (non-hydrogen) atoms. The standard InChI is InChI=1S/C13H17NO5S/c1-2-3-7-14-12(15)9-20(18,19)11-6-4-5-10(8-11)13(16)17/h4-6,8H,2-3,7,9H2,1H3,(H,14,15)(H,16,17). The Bertz CT molecular complexity index is 595. The molecule has 0 bridgehead atoms. The topological polar surface area (TPSA) is 101 Å². The van der Waals surface area contributed by atoms with Crippen LogP contribution < -0.4 is 5.32 Å². The quantitative estimate of drug-likeness (QED) is 0.734. The van der Waals surface area contributed by atoms with Gasteiger partial charge in [-0.25, -0.2) is 13.2 Å². The van der Waals surface area contributed by atoms with Crippen molar-refractivity contribution in [2.24, 2.45) is 0 Å². The van der Waals surface area contributed by atoms with E-state index in [1.54, 1.807) is 0 Å². The Hall–Kier alpha value is -1.89. The van der Waals surface area contributed by atoms with Gasteiger partial charge in [0.1, 0.15) is 5.75 Å². The highest BCUT2D eigenvalue weighted by Gasteiger charge is 2.20. The van der Waals surface area contributed by atoms with Gasteiger partial charge in [-0.3, -0.25) is 4.79 Å². The number of carbonyl (C=O) groups is 2. The van der Waals surface area contributed by atoms with Crippen LogP contribution >= 0.6 is 0 Å². The molecular weight excluding hydrogens is 282 g/mol. The fraction of sp³-hybridized carbons (Fsp3) is 0.385. The Morgan fingerprint density at radius 3 is 2.60 bits per heavy atom. The zero-order valence-corrected chi connectivity index (χ0v) is 11.9. The lowest BCUT2D eigenvalue weighted by atomic mass is 10.2. The maximum atomic E-state index is 12.0. The summed E-state index contributed by atoms with van der Waals surface area (Å²) in [6.07, 6.45) is 1.67. The van der Waals surface area contributed by atoms with Crippen LogP contribution in [-0.4, -0.2) is 37.7 Å². The van der Waals surface area contributed by atoms with Gasteiger partial charge in [0.25, 0.3) is 0 Å². The lowest BCUT2D eigenvalue weighted by molar-refractivity contribution is -0.118. The number of benzene rings is 1. The van der Waals surface area contributed by atoms with Crippen molar-refractivity contribution in [3.63, 3.8) is 0 Å². The zero-order valence-electron chi connectivity index (χ0n) is 11.1. The number of hydrogen-bond donors (Lipinski definition) is 2. The number of sulfone groups is 1. The molecule has 0 heterocycles. The molecule has 0 unspecified atom stereocenters. The third-order valence-corrected chi connectivity index (χ3v) is 4.23. The van der Waals surface area contributed by atoms with Crippen molar-refractivity contribution in [1.82, 2.24) is 5.32 Å². The van der Waals surface area contributed by atoms with Crippen molar-refractivity contribution in [3.05, 3.63) is 29.8 Å². The first-order chi connectivity index (χ1) is 9.36. The molecule has 7 heteroatoms. The van der Waals surface area contributed by atoms with Crippen LogP contribution in [0.5, 0.6) is 0 Å². The van der Waals surface area contributed by atoms with E-state index in [1.165, 1.54) is 18.2 Å². The predicted molar refractivity (Wildman–Crippen MR) is 73.4 cm³/mol. The summed E-state index contributed by atoms with van der Waals surface area (Å²) in [4.78, 5) is 22.2. The molecule has 0 atom stereocenters. The maximum absolute atomic E-state index is 12.0. The minimum atomic E-state index is -3.83. The number of unbranched alkanes of at least 4 members (excludes halogenated alkanes) is 1. The van der Waals surface area contributed by atoms with Gasteiger partial charge in [-0.2, -0.15) is 0 Å². The third-order valence-electron chi connectivity index (χ3n) is 2.61. The van der Waals surface area contributed by atoms with Gasteiger partial charge in [0, 0.05) is 6.54 Å². The van der Waals surface area contributed by atoms with Crippen LogP contribution in [0.3, 0.4) is 0 Å². The normalized spacial score (nSPS) is 11.1.